The number of halogens is 2. The fourth-order valence-corrected chi connectivity index (χ4v) is 2.95. The Bertz CT molecular complexity index is 647. The van der Waals surface area contributed by atoms with Crippen LogP contribution in [0.2, 0.25) is 10.0 Å². The lowest BCUT2D eigenvalue weighted by molar-refractivity contribution is -0.120. The van der Waals surface area contributed by atoms with E-state index in [0.29, 0.717) is 5.02 Å². The van der Waals surface area contributed by atoms with Gasteiger partial charge in [-0.1, -0.05) is 37.0 Å². The molecule has 0 bridgehead atoms. The first kappa shape index (κ1) is 19.1. The maximum Gasteiger partial charge on any atom is 0.240 e. The van der Waals surface area contributed by atoms with Gasteiger partial charge in [0, 0.05) is 11.1 Å². The summed E-state index contributed by atoms with van der Waals surface area (Å²) in [7, 11) is -3.68. The molecule has 5 nitrogen and oxygen atoms in total. The van der Waals surface area contributed by atoms with E-state index in [4.69, 9.17) is 23.2 Å². The maximum absolute atomic E-state index is 12.1. The summed E-state index contributed by atoms with van der Waals surface area (Å²) >= 11 is 11.9. The molecule has 8 heteroatoms. The first-order valence-corrected chi connectivity index (χ1v) is 9.35. The van der Waals surface area contributed by atoms with Crippen molar-refractivity contribution >= 4 is 44.8 Å². The molecular formula is C14H20Cl2N2O3S. The molecule has 1 atom stereocenters. The average Bonchev–Trinajstić information content (AvgIpc) is 2.37. The Morgan fingerprint density at radius 3 is 2.36 bits per heavy atom. The van der Waals surface area contributed by atoms with Crippen molar-refractivity contribution < 1.29 is 13.2 Å². The van der Waals surface area contributed by atoms with Gasteiger partial charge >= 0.3 is 0 Å². The number of nitrogens with one attached hydrogen (secondary N) is 1. The zero-order valence-electron chi connectivity index (χ0n) is 12.9. The summed E-state index contributed by atoms with van der Waals surface area (Å²) in [5.74, 6) is -0.159. The first-order valence-electron chi connectivity index (χ1n) is 6.74. The van der Waals surface area contributed by atoms with E-state index in [1.807, 2.05) is 20.8 Å². The highest BCUT2D eigenvalue weighted by Gasteiger charge is 2.24. The van der Waals surface area contributed by atoms with Crippen LogP contribution in [0.15, 0.2) is 18.2 Å². The highest BCUT2D eigenvalue weighted by Crippen LogP contribution is 2.30. The molecule has 0 heterocycles. The molecule has 0 aliphatic heterocycles. The van der Waals surface area contributed by atoms with Gasteiger partial charge in [-0.3, -0.25) is 9.10 Å². The summed E-state index contributed by atoms with van der Waals surface area (Å²) < 4.78 is 24.9. The molecule has 1 aromatic rings. The number of carbonyl (C=O) groups is 1. The van der Waals surface area contributed by atoms with Crippen LogP contribution in [0.1, 0.15) is 20.8 Å². The summed E-state index contributed by atoms with van der Waals surface area (Å²) in [6.07, 6.45) is 1.02. The molecule has 22 heavy (non-hydrogen) atoms. The van der Waals surface area contributed by atoms with Gasteiger partial charge in [0.05, 0.1) is 17.0 Å². The van der Waals surface area contributed by atoms with Gasteiger partial charge in [0.15, 0.2) is 0 Å². The monoisotopic (exact) mass is 366 g/mol. The molecule has 0 saturated carbocycles. The van der Waals surface area contributed by atoms with Crippen molar-refractivity contribution in [1.82, 2.24) is 5.32 Å². The average molecular weight is 367 g/mol. The molecule has 1 amide bonds. The zero-order valence-corrected chi connectivity index (χ0v) is 15.3. The van der Waals surface area contributed by atoms with Crippen LogP contribution in [0.5, 0.6) is 0 Å². The number of anilines is 1. The minimum absolute atomic E-state index is 0.0660. The molecular weight excluding hydrogens is 347 g/mol. The van der Waals surface area contributed by atoms with Gasteiger partial charge in [0.1, 0.15) is 6.54 Å². The fraction of sp³-hybridized carbons (Fsp3) is 0.500. The number of hydrogen-bond acceptors (Lipinski definition) is 3. The van der Waals surface area contributed by atoms with Crippen LogP contribution >= 0.6 is 23.2 Å². The number of hydrogen-bond donors (Lipinski definition) is 1. The molecule has 0 fully saturated rings. The number of nitrogens with zero attached hydrogens (tertiary/aromatic N) is 1. The predicted molar refractivity (Wildman–Crippen MR) is 91.1 cm³/mol. The van der Waals surface area contributed by atoms with Crippen LogP contribution in [0, 0.1) is 5.92 Å². The second-order valence-electron chi connectivity index (χ2n) is 5.47. The van der Waals surface area contributed by atoms with E-state index in [1.54, 1.807) is 6.07 Å². The molecule has 1 N–H and O–H groups in total. The normalized spacial score (nSPS) is 13.0. The highest BCUT2D eigenvalue weighted by atomic mass is 35.5. The quantitative estimate of drug-likeness (QED) is 0.841. The van der Waals surface area contributed by atoms with Crippen molar-refractivity contribution in [3.8, 4) is 0 Å². The van der Waals surface area contributed by atoms with Crippen LogP contribution in [-0.2, 0) is 14.8 Å². The number of benzene rings is 1. The second-order valence-corrected chi connectivity index (χ2v) is 8.22. The van der Waals surface area contributed by atoms with Crippen molar-refractivity contribution in [1.29, 1.82) is 0 Å². The van der Waals surface area contributed by atoms with E-state index >= 15 is 0 Å². The SMILES string of the molecule is CC(C)C(C)NC(=O)CN(c1cc(Cl)ccc1Cl)S(C)(=O)=O. The standard InChI is InChI=1S/C14H20Cl2N2O3S/c1-9(2)10(3)17-14(19)8-18(22(4,20)21)13-7-11(15)5-6-12(13)16/h5-7,9-10H,8H2,1-4H3,(H,17,19). The van der Waals surface area contributed by atoms with Crippen molar-refractivity contribution in [2.24, 2.45) is 5.92 Å². The van der Waals surface area contributed by atoms with Crippen molar-refractivity contribution in [3.63, 3.8) is 0 Å². The third-order valence-corrected chi connectivity index (χ3v) is 4.93. The zero-order chi connectivity index (χ0) is 17.1. The van der Waals surface area contributed by atoms with Gasteiger partial charge in [0.25, 0.3) is 0 Å². The molecule has 0 radical (unpaired) electrons. The Hall–Kier alpha value is -0.980. The molecule has 0 spiro atoms. The lowest BCUT2D eigenvalue weighted by atomic mass is 10.1. The summed E-state index contributed by atoms with van der Waals surface area (Å²) in [5, 5.41) is 3.31. The molecule has 124 valence electrons. The smallest absolute Gasteiger partial charge is 0.240 e. The molecule has 1 aromatic carbocycles. The van der Waals surface area contributed by atoms with Gasteiger partial charge in [-0.15, -0.1) is 0 Å². The van der Waals surface area contributed by atoms with Gasteiger partial charge in [-0.25, -0.2) is 8.42 Å². The van der Waals surface area contributed by atoms with Crippen molar-refractivity contribution in [2.45, 2.75) is 26.8 Å². The topological polar surface area (TPSA) is 66.5 Å². The van der Waals surface area contributed by atoms with Gasteiger partial charge in [0.2, 0.25) is 15.9 Å². The summed E-state index contributed by atoms with van der Waals surface area (Å²) in [6.45, 7) is 5.44. The van der Waals surface area contributed by atoms with Crippen LogP contribution in [-0.4, -0.2) is 33.2 Å². The number of sulfonamides is 1. The van der Waals surface area contributed by atoms with E-state index in [0.717, 1.165) is 10.6 Å². The Kier molecular flexibility index (Phi) is 6.52. The number of amides is 1. The molecule has 0 aliphatic carbocycles. The van der Waals surface area contributed by atoms with E-state index in [9.17, 15) is 13.2 Å². The molecule has 1 unspecified atom stereocenters. The van der Waals surface area contributed by atoms with Gasteiger partial charge < -0.3 is 5.32 Å². The summed E-state index contributed by atoms with van der Waals surface area (Å²) in [5.41, 5.74) is 0.184. The third kappa shape index (κ3) is 5.34. The van der Waals surface area contributed by atoms with Crippen LogP contribution < -0.4 is 9.62 Å². The van der Waals surface area contributed by atoms with Gasteiger partial charge in [-0.2, -0.15) is 0 Å². The third-order valence-electron chi connectivity index (χ3n) is 3.25. The highest BCUT2D eigenvalue weighted by molar-refractivity contribution is 7.92. The molecule has 1 rings (SSSR count). The maximum atomic E-state index is 12.1. The van der Waals surface area contributed by atoms with Crippen molar-refractivity contribution in [2.75, 3.05) is 17.1 Å². The Labute approximate surface area is 141 Å². The second kappa shape index (κ2) is 7.53. The minimum Gasteiger partial charge on any atom is -0.352 e. The molecule has 0 aromatic heterocycles. The summed E-state index contributed by atoms with van der Waals surface area (Å²) in [6, 6.07) is 4.40. The Morgan fingerprint density at radius 2 is 1.86 bits per heavy atom. The van der Waals surface area contributed by atoms with Crippen molar-refractivity contribution in [3.05, 3.63) is 28.2 Å². The predicted octanol–water partition coefficient (Wildman–Crippen LogP) is 2.92. The largest absolute Gasteiger partial charge is 0.352 e. The number of rotatable bonds is 6. The fourth-order valence-electron chi connectivity index (χ4n) is 1.65. The Balaban J connectivity index is 3.06. The molecule has 0 saturated heterocycles. The van der Waals surface area contributed by atoms with E-state index in [2.05, 4.69) is 5.32 Å². The summed E-state index contributed by atoms with van der Waals surface area (Å²) in [4.78, 5) is 12.1. The minimum atomic E-state index is -3.68. The van der Waals surface area contributed by atoms with Crippen LogP contribution in [0.4, 0.5) is 5.69 Å². The van der Waals surface area contributed by atoms with E-state index in [-0.39, 0.29) is 29.2 Å². The lowest BCUT2D eigenvalue weighted by Crippen LogP contribution is -2.44. The first-order chi connectivity index (χ1) is 10.0. The lowest BCUT2D eigenvalue weighted by Gasteiger charge is -2.25. The Morgan fingerprint density at radius 1 is 1.27 bits per heavy atom. The van der Waals surface area contributed by atoms with Crippen LogP contribution in [0.25, 0.3) is 0 Å². The number of carbonyl (C=O) groups excluding carboxylic acids is 1. The van der Waals surface area contributed by atoms with E-state index < -0.39 is 15.9 Å². The van der Waals surface area contributed by atoms with E-state index in [1.165, 1.54) is 12.1 Å². The van der Waals surface area contributed by atoms with Crippen LogP contribution in [0.3, 0.4) is 0 Å². The van der Waals surface area contributed by atoms with Gasteiger partial charge in [-0.05, 0) is 31.0 Å². The molecule has 0 aliphatic rings.